The van der Waals surface area contributed by atoms with Crippen LogP contribution in [0.15, 0.2) is 30.5 Å². The molecule has 1 fully saturated rings. The van der Waals surface area contributed by atoms with Crippen molar-refractivity contribution in [1.29, 1.82) is 0 Å². The molecule has 4 nitrogen and oxygen atoms in total. The van der Waals surface area contributed by atoms with Crippen LogP contribution in [-0.4, -0.2) is 30.4 Å². The van der Waals surface area contributed by atoms with Crippen LogP contribution >= 0.6 is 0 Å². The number of aromatic nitrogens is 1. The van der Waals surface area contributed by atoms with Gasteiger partial charge in [0.15, 0.2) is 0 Å². The minimum absolute atomic E-state index is 0.308. The predicted molar refractivity (Wildman–Crippen MR) is 85.0 cm³/mol. The lowest BCUT2D eigenvalue weighted by atomic mass is 9.98. The molecule has 0 saturated carbocycles. The van der Waals surface area contributed by atoms with Crippen molar-refractivity contribution in [2.75, 3.05) is 24.6 Å². The first kappa shape index (κ1) is 14.0. The van der Waals surface area contributed by atoms with Gasteiger partial charge in [-0.1, -0.05) is 13.0 Å². The average Bonchev–Trinajstić information content (AvgIpc) is 2.92. The Morgan fingerprint density at radius 2 is 2.05 bits per heavy atom. The highest BCUT2D eigenvalue weighted by Gasteiger charge is 2.19. The van der Waals surface area contributed by atoms with Crippen molar-refractivity contribution >= 4 is 22.7 Å². The third-order valence-electron chi connectivity index (χ3n) is 4.30. The van der Waals surface area contributed by atoms with Crippen molar-refractivity contribution in [3.63, 3.8) is 0 Å². The van der Waals surface area contributed by atoms with Crippen LogP contribution in [0.2, 0.25) is 0 Å². The molecule has 0 radical (unpaired) electrons. The van der Waals surface area contributed by atoms with Crippen molar-refractivity contribution in [3.05, 3.63) is 30.5 Å². The third kappa shape index (κ3) is 2.62. The predicted octanol–water partition coefficient (Wildman–Crippen LogP) is 3.88. The number of piperidine rings is 1. The Morgan fingerprint density at radius 1 is 1.29 bits per heavy atom. The van der Waals surface area contributed by atoms with E-state index in [2.05, 4.69) is 17.9 Å². The van der Waals surface area contributed by atoms with E-state index < -0.39 is 0 Å². The number of carbonyl (C=O) groups excluding carboxylic acids is 1. The zero-order valence-electron chi connectivity index (χ0n) is 12.7. The van der Waals surface area contributed by atoms with Gasteiger partial charge < -0.3 is 9.64 Å². The molecular formula is C17H22N2O2. The lowest BCUT2D eigenvalue weighted by Gasteiger charge is -2.32. The van der Waals surface area contributed by atoms with Gasteiger partial charge in [0.25, 0.3) is 0 Å². The van der Waals surface area contributed by atoms with Gasteiger partial charge >= 0.3 is 6.09 Å². The van der Waals surface area contributed by atoms with Gasteiger partial charge in [0.2, 0.25) is 0 Å². The van der Waals surface area contributed by atoms with Gasteiger partial charge in [0, 0.05) is 30.4 Å². The van der Waals surface area contributed by atoms with Crippen LogP contribution in [0.4, 0.5) is 10.5 Å². The molecule has 21 heavy (non-hydrogen) atoms. The van der Waals surface area contributed by atoms with Gasteiger partial charge in [-0.2, -0.15) is 0 Å². The topological polar surface area (TPSA) is 34.5 Å². The maximum Gasteiger partial charge on any atom is 0.418 e. The number of hydrogen-bond donors (Lipinski definition) is 0. The van der Waals surface area contributed by atoms with Gasteiger partial charge in [0.1, 0.15) is 0 Å². The molecule has 1 saturated heterocycles. The quantitative estimate of drug-likeness (QED) is 0.840. The van der Waals surface area contributed by atoms with E-state index in [9.17, 15) is 4.79 Å². The number of carbonyl (C=O) groups is 1. The summed E-state index contributed by atoms with van der Waals surface area (Å²) in [6.45, 7) is 6.71. The molecule has 3 rings (SSSR count). The van der Waals surface area contributed by atoms with Crippen molar-refractivity contribution in [1.82, 2.24) is 4.57 Å². The van der Waals surface area contributed by atoms with E-state index in [1.807, 2.05) is 25.1 Å². The Balaban J connectivity index is 1.96. The molecule has 0 atom stereocenters. The molecule has 112 valence electrons. The van der Waals surface area contributed by atoms with Crippen LogP contribution in [-0.2, 0) is 4.74 Å². The zero-order chi connectivity index (χ0) is 14.8. The van der Waals surface area contributed by atoms with E-state index in [-0.39, 0.29) is 6.09 Å². The van der Waals surface area contributed by atoms with Crippen LogP contribution < -0.4 is 4.90 Å². The van der Waals surface area contributed by atoms with Gasteiger partial charge in [-0.25, -0.2) is 4.79 Å². The van der Waals surface area contributed by atoms with E-state index in [1.54, 1.807) is 10.8 Å². The highest BCUT2D eigenvalue weighted by molar-refractivity contribution is 5.97. The fraction of sp³-hybridized carbons (Fsp3) is 0.471. The third-order valence-corrected chi connectivity index (χ3v) is 4.30. The van der Waals surface area contributed by atoms with Crippen LogP contribution in [0.5, 0.6) is 0 Å². The number of nitrogens with zero attached hydrogens (tertiary/aromatic N) is 2. The first-order chi connectivity index (χ1) is 10.2. The monoisotopic (exact) mass is 286 g/mol. The molecule has 1 aromatic heterocycles. The number of benzene rings is 1. The summed E-state index contributed by atoms with van der Waals surface area (Å²) < 4.78 is 6.70. The van der Waals surface area contributed by atoms with E-state index in [1.165, 1.54) is 18.5 Å². The molecule has 0 spiro atoms. The number of rotatable bonds is 2. The molecular weight excluding hydrogens is 264 g/mol. The summed E-state index contributed by atoms with van der Waals surface area (Å²) in [5.74, 6) is 0.810. The summed E-state index contributed by atoms with van der Waals surface area (Å²) >= 11 is 0. The smallest absolute Gasteiger partial charge is 0.418 e. The van der Waals surface area contributed by atoms with Gasteiger partial charge in [0.05, 0.1) is 12.1 Å². The molecule has 2 heterocycles. The van der Waals surface area contributed by atoms with Crippen molar-refractivity contribution in [3.8, 4) is 0 Å². The van der Waals surface area contributed by atoms with E-state index in [0.29, 0.717) is 6.61 Å². The lowest BCUT2D eigenvalue weighted by molar-refractivity contribution is 0.155. The minimum Gasteiger partial charge on any atom is -0.449 e. The van der Waals surface area contributed by atoms with Crippen LogP contribution in [0.3, 0.4) is 0 Å². The summed E-state index contributed by atoms with van der Waals surface area (Å²) in [7, 11) is 0. The normalized spacial score (nSPS) is 16.4. The van der Waals surface area contributed by atoms with Gasteiger partial charge in [-0.05, 0) is 43.9 Å². The summed E-state index contributed by atoms with van der Waals surface area (Å²) in [5, 5.41) is 1.13. The molecule has 1 aromatic carbocycles. The number of anilines is 1. The number of ether oxygens (including phenoxy) is 1. The molecule has 0 aliphatic carbocycles. The van der Waals surface area contributed by atoms with Crippen molar-refractivity contribution < 1.29 is 9.53 Å². The fourth-order valence-electron chi connectivity index (χ4n) is 3.03. The van der Waals surface area contributed by atoms with Crippen molar-refractivity contribution in [2.45, 2.75) is 26.7 Å². The molecule has 0 bridgehead atoms. The van der Waals surface area contributed by atoms with E-state index in [0.717, 1.165) is 29.9 Å². The maximum atomic E-state index is 12.0. The second-order valence-corrected chi connectivity index (χ2v) is 5.76. The zero-order valence-corrected chi connectivity index (χ0v) is 12.7. The minimum atomic E-state index is -0.308. The Kier molecular flexibility index (Phi) is 3.86. The van der Waals surface area contributed by atoms with E-state index in [4.69, 9.17) is 4.74 Å². The second-order valence-electron chi connectivity index (χ2n) is 5.76. The molecule has 4 heteroatoms. The molecule has 1 aliphatic rings. The average molecular weight is 286 g/mol. The maximum absolute atomic E-state index is 12.0. The fourth-order valence-corrected chi connectivity index (χ4v) is 3.03. The highest BCUT2D eigenvalue weighted by atomic mass is 16.5. The highest BCUT2D eigenvalue weighted by Crippen LogP contribution is 2.31. The van der Waals surface area contributed by atoms with Crippen LogP contribution in [0, 0.1) is 5.92 Å². The molecule has 0 amide bonds. The second kappa shape index (κ2) is 5.80. The molecule has 0 unspecified atom stereocenters. The summed E-state index contributed by atoms with van der Waals surface area (Å²) in [5.41, 5.74) is 2.15. The van der Waals surface area contributed by atoms with Gasteiger partial charge in [-0.3, -0.25) is 4.57 Å². The summed E-state index contributed by atoms with van der Waals surface area (Å²) in [6, 6.07) is 8.15. The number of hydrogen-bond acceptors (Lipinski definition) is 3. The number of fused-ring (bicyclic) bond motifs is 1. The largest absolute Gasteiger partial charge is 0.449 e. The molecule has 2 aromatic rings. The van der Waals surface area contributed by atoms with Crippen LogP contribution in [0.1, 0.15) is 26.7 Å². The van der Waals surface area contributed by atoms with E-state index >= 15 is 0 Å². The van der Waals surface area contributed by atoms with Crippen molar-refractivity contribution in [2.24, 2.45) is 5.92 Å². The molecule has 1 aliphatic heterocycles. The lowest BCUT2D eigenvalue weighted by Crippen LogP contribution is -2.32. The summed E-state index contributed by atoms with van der Waals surface area (Å²) in [4.78, 5) is 14.4. The Bertz CT molecular complexity index is 639. The Labute approximate surface area is 125 Å². The Morgan fingerprint density at radius 3 is 2.76 bits per heavy atom. The standard InChI is InChI=1S/C17H22N2O2/c1-3-21-17(20)19-12-9-14-15(5-4-6-16(14)19)18-10-7-13(2)8-11-18/h4-6,9,12-13H,3,7-8,10-11H2,1-2H3. The SMILES string of the molecule is CCOC(=O)n1ccc2c(N3CCC(C)CC3)cccc21. The molecule has 0 N–H and O–H groups in total. The first-order valence-electron chi connectivity index (χ1n) is 7.73. The Hall–Kier alpha value is -1.97. The van der Waals surface area contributed by atoms with Gasteiger partial charge in [-0.15, -0.1) is 0 Å². The first-order valence-corrected chi connectivity index (χ1v) is 7.73. The van der Waals surface area contributed by atoms with Crippen LogP contribution in [0.25, 0.3) is 10.9 Å². The summed E-state index contributed by atoms with van der Waals surface area (Å²) in [6.07, 6.45) is 3.96.